The van der Waals surface area contributed by atoms with Crippen molar-refractivity contribution in [2.75, 3.05) is 0 Å². The number of carboxylic acid groups (broad SMARTS) is 1. The second-order valence-electron chi connectivity index (χ2n) is 4.31. The first kappa shape index (κ1) is 13.5. The number of aromatic carboxylic acids is 1. The summed E-state index contributed by atoms with van der Waals surface area (Å²) in [4.78, 5) is 10.9. The maximum absolute atomic E-state index is 12.1. The molecule has 1 aliphatic rings. The van der Waals surface area contributed by atoms with E-state index >= 15 is 0 Å². The highest BCUT2D eigenvalue weighted by Gasteiger charge is 2.30. The molecule has 5 nitrogen and oxygen atoms in total. The summed E-state index contributed by atoms with van der Waals surface area (Å²) in [6.45, 7) is 1.66. The van der Waals surface area contributed by atoms with Gasteiger partial charge >= 0.3 is 5.97 Å². The lowest BCUT2D eigenvalue weighted by Gasteiger charge is -2.10. The molecule has 1 saturated carbocycles. The Labute approximate surface area is 113 Å². The van der Waals surface area contributed by atoms with E-state index in [1.54, 1.807) is 6.92 Å². The monoisotopic (exact) mass is 333 g/mol. The molecule has 0 heterocycles. The molecule has 1 aliphatic carbocycles. The molecule has 0 aliphatic heterocycles. The zero-order valence-corrected chi connectivity index (χ0v) is 12.0. The minimum Gasteiger partial charge on any atom is -0.478 e. The van der Waals surface area contributed by atoms with Gasteiger partial charge in [0, 0.05) is 10.5 Å². The van der Waals surface area contributed by atoms with Gasteiger partial charge in [-0.3, -0.25) is 0 Å². The molecular formula is C11H12BrNO4S. The number of benzene rings is 1. The fraction of sp³-hybridized carbons (Fsp3) is 0.364. The molecule has 0 saturated heterocycles. The topological polar surface area (TPSA) is 83.5 Å². The molecule has 0 spiro atoms. The predicted octanol–water partition coefficient (Wildman–Crippen LogP) is 1.90. The van der Waals surface area contributed by atoms with Crippen molar-refractivity contribution in [2.45, 2.75) is 30.7 Å². The molecule has 0 aromatic heterocycles. The highest BCUT2D eigenvalue weighted by atomic mass is 79.9. The van der Waals surface area contributed by atoms with Crippen molar-refractivity contribution in [1.82, 2.24) is 4.72 Å². The molecule has 1 fully saturated rings. The number of carbonyl (C=O) groups is 1. The lowest BCUT2D eigenvalue weighted by atomic mass is 10.1. The first-order valence-corrected chi connectivity index (χ1v) is 7.64. The minimum absolute atomic E-state index is 0.0179. The van der Waals surface area contributed by atoms with Gasteiger partial charge in [-0.2, -0.15) is 0 Å². The van der Waals surface area contributed by atoms with Gasteiger partial charge < -0.3 is 5.11 Å². The lowest BCUT2D eigenvalue weighted by molar-refractivity contribution is 0.0696. The average molecular weight is 334 g/mol. The van der Waals surface area contributed by atoms with E-state index in [4.69, 9.17) is 5.11 Å². The van der Waals surface area contributed by atoms with Crippen LogP contribution in [0.15, 0.2) is 21.5 Å². The van der Waals surface area contributed by atoms with Crippen LogP contribution in [0.4, 0.5) is 0 Å². The molecule has 1 aromatic rings. The van der Waals surface area contributed by atoms with Gasteiger partial charge in [0.25, 0.3) is 0 Å². The van der Waals surface area contributed by atoms with E-state index in [0.717, 1.165) is 12.8 Å². The Morgan fingerprint density at radius 2 is 2.06 bits per heavy atom. The van der Waals surface area contributed by atoms with Crippen molar-refractivity contribution in [3.8, 4) is 0 Å². The molecule has 2 rings (SSSR count). The fourth-order valence-electron chi connectivity index (χ4n) is 1.54. The Hall–Kier alpha value is -0.920. The number of hydrogen-bond donors (Lipinski definition) is 2. The molecule has 0 radical (unpaired) electrons. The number of hydrogen-bond acceptors (Lipinski definition) is 3. The van der Waals surface area contributed by atoms with E-state index in [0.29, 0.717) is 10.0 Å². The van der Waals surface area contributed by atoms with Crippen molar-refractivity contribution in [1.29, 1.82) is 0 Å². The maximum atomic E-state index is 12.1. The standard InChI is InChI=1S/C11H12BrNO4S/c1-6-4-7(11(14)15)5-9(10(6)12)18(16,17)13-8-2-3-8/h4-5,8,13H,2-3H2,1H3,(H,14,15). The van der Waals surface area contributed by atoms with Gasteiger partial charge in [-0.15, -0.1) is 0 Å². The number of carboxylic acids is 1. The van der Waals surface area contributed by atoms with Gasteiger partial charge in [-0.25, -0.2) is 17.9 Å². The normalized spacial score (nSPS) is 15.7. The molecule has 0 atom stereocenters. The van der Waals surface area contributed by atoms with Crippen LogP contribution in [0, 0.1) is 6.92 Å². The largest absolute Gasteiger partial charge is 0.478 e. The van der Waals surface area contributed by atoms with Crippen molar-refractivity contribution >= 4 is 31.9 Å². The summed E-state index contributed by atoms with van der Waals surface area (Å²) in [5.74, 6) is -1.14. The van der Waals surface area contributed by atoms with Crippen LogP contribution in [0.3, 0.4) is 0 Å². The summed E-state index contributed by atoms with van der Waals surface area (Å²) in [5, 5.41) is 8.95. The van der Waals surface area contributed by atoms with Crippen molar-refractivity contribution in [3.63, 3.8) is 0 Å². The first-order chi connectivity index (χ1) is 8.31. The number of sulfonamides is 1. The summed E-state index contributed by atoms with van der Waals surface area (Å²) < 4.78 is 27.1. The van der Waals surface area contributed by atoms with E-state index in [-0.39, 0.29) is 16.5 Å². The predicted molar refractivity (Wildman–Crippen MR) is 69.2 cm³/mol. The second kappa shape index (κ2) is 4.64. The zero-order valence-electron chi connectivity index (χ0n) is 9.60. The van der Waals surface area contributed by atoms with Gasteiger partial charge in [0.15, 0.2) is 0 Å². The molecule has 1 aromatic carbocycles. The summed E-state index contributed by atoms with van der Waals surface area (Å²) in [6.07, 6.45) is 1.66. The number of aryl methyl sites for hydroxylation is 1. The molecule has 2 N–H and O–H groups in total. The minimum atomic E-state index is -3.67. The van der Waals surface area contributed by atoms with Gasteiger partial charge in [0.05, 0.1) is 10.5 Å². The molecule has 0 bridgehead atoms. The van der Waals surface area contributed by atoms with E-state index in [9.17, 15) is 13.2 Å². The summed E-state index contributed by atoms with van der Waals surface area (Å²) in [6, 6.07) is 2.59. The third kappa shape index (κ3) is 2.73. The lowest BCUT2D eigenvalue weighted by Crippen LogP contribution is -2.26. The highest BCUT2D eigenvalue weighted by Crippen LogP contribution is 2.29. The van der Waals surface area contributed by atoms with Crippen molar-refractivity contribution in [3.05, 3.63) is 27.7 Å². The molecule has 98 valence electrons. The Balaban J connectivity index is 2.51. The first-order valence-electron chi connectivity index (χ1n) is 5.37. The quantitative estimate of drug-likeness (QED) is 0.881. The average Bonchev–Trinajstić information content (AvgIpc) is 3.04. The van der Waals surface area contributed by atoms with Crippen LogP contribution in [0.1, 0.15) is 28.8 Å². The van der Waals surface area contributed by atoms with E-state index in [1.165, 1.54) is 12.1 Å². The Bertz CT molecular complexity index is 608. The van der Waals surface area contributed by atoms with E-state index in [1.807, 2.05) is 0 Å². The van der Waals surface area contributed by atoms with Gasteiger partial charge in [0.2, 0.25) is 10.0 Å². The smallest absolute Gasteiger partial charge is 0.335 e. The summed E-state index contributed by atoms with van der Waals surface area (Å²) >= 11 is 3.20. The Morgan fingerprint density at radius 1 is 1.44 bits per heavy atom. The van der Waals surface area contributed by atoms with Crippen LogP contribution in [0.25, 0.3) is 0 Å². The number of rotatable bonds is 4. The van der Waals surface area contributed by atoms with Gasteiger partial charge in [-0.1, -0.05) is 0 Å². The maximum Gasteiger partial charge on any atom is 0.335 e. The van der Waals surface area contributed by atoms with Crippen molar-refractivity contribution < 1.29 is 18.3 Å². The zero-order chi connectivity index (χ0) is 13.5. The number of nitrogens with one attached hydrogen (secondary N) is 1. The van der Waals surface area contributed by atoms with Crippen LogP contribution < -0.4 is 4.72 Å². The highest BCUT2D eigenvalue weighted by molar-refractivity contribution is 9.10. The molecule has 0 amide bonds. The van der Waals surface area contributed by atoms with Gasteiger partial charge in [0.1, 0.15) is 0 Å². The van der Waals surface area contributed by atoms with E-state index < -0.39 is 16.0 Å². The molecule has 0 unspecified atom stereocenters. The second-order valence-corrected chi connectivity index (χ2v) is 6.78. The third-order valence-electron chi connectivity index (χ3n) is 2.66. The Morgan fingerprint density at radius 3 is 2.56 bits per heavy atom. The van der Waals surface area contributed by atoms with E-state index in [2.05, 4.69) is 20.7 Å². The van der Waals surface area contributed by atoms with Crippen LogP contribution in [0.5, 0.6) is 0 Å². The van der Waals surface area contributed by atoms with Crippen LogP contribution in [-0.4, -0.2) is 25.5 Å². The fourth-order valence-corrected chi connectivity index (χ4v) is 3.89. The van der Waals surface area contributed by atoms with Gasteiger partial charge in [-0.05, 0) is 53.4 Å². The molecule has 7 heteroatoms. The summed E-state index contributed by atoms with van der Waals surface area (Å²) in [5.41, 5.74) is 0.540. The molecular weight excluding hydrogens is 322 g/mol. The summed E-state index contributed by atoms with van der Waals surface area (Å²) in [7, 11) is -3.67. The van der Waals surface area contributed by atoms with Crippen LogP contribution in [0.2, 0.25) is 0 Å². The molecule has 18 heavy (non-hydrogen) atoms. The number of halogens is 1. The Kier molecular flexibility index (Phi) is 3.48. The SMILES string of the molecule is Cc1cc(C(=O)O)cc(S(=O)(=O)NC2CC2)c1Br. The third-order valence-corrected chi connectivity index (χ3v) is 5.52. The van der Waals surface area contributed by atoms with Crippen LogP contribution in [-0.2, 0) is 10.0 Å². The van der Waals surface area contributed by atoms with Crippen LogP contribution >= 0.6 is 15.9 Å². The van der Waals surface area contributed by atoms with Crippen molar-refractivity contribution in [2.24, 2.45) is 0 Å².